The van der Waals surface area contributed by atoms with Crippen molar-refractivity contribution in [2.45, 2.75) is 59.4 Å². The van der Waals surface area contributed by atoms with Gasteiger partial charge in [0.1, 0.15) is 17.1 Å². The van der Waals surface area contributed by atoms with E-state index in [9.17, 15) is 34.8 Å². The molecule has 0 bridgehead atoms. The summed E-state index contributed by atoms with van der Waals surface area (Å²) < 4.78 is 0. The highest BCUT2D eigenvalue weighted by atomic mass is 16.3. The third kappa shape index (κ3) is 6.90. The third-order valence-corrected chi connectivity index (χ3v) is 5.59. The maximum Gasteiger partial charge on any atom is 0.259 e. The first-order valence-corrected chi connectivity index (χ1v) is 10.0. The van der Waals surface area contributed by atoms with Crippen LogP contribution in [0.25, 0.3) is 0 Å². The van der Waals surface area contributed by atoms with Crippen LogP contribution in [0, 0.1) is 17.8 Å². The highest BCUT2D eigenvalue weighted by molar-refractivity contribution is 6.25. The number of hydrogen-bond acceptors (Lipinski definition) is 7. The molecule has 30 heavy (non-hydrogen) atoms. The van der Waals surface area contributed by atoms with E-state index < -0.39 is 47.6 Å². The Morgan fingerprint density at radius 1 is 1.07 bits per heavy atom. The maximum atomic E-state index is 11.6. The van der Waals surface area contributed by atoms with Crippen molar-refractivity contribution in [3.63, 3.8) is 0 Å². The molecule has 8 heteroatoms. The average Bonchev–Trinajstić information content (AvgIpc) is 3.02. The summed E-state index contributed by atoms with van der Waals surface area (Å²) in [5.41, 5.74) is 0.397. The van der Waals surface area contributed by atoms with E-state index in [4.69, 9.17) is 0 Å². The van der Waals surface area contributed by atoms with E-state index in [0.29, 0.717) is 5.57 Å². The van der Waals surface area contributed by atoms with Gasteiger partial charge >= 0.3 is 0 Å². The van der Waals surface area contributed by atoms with Crippen LogP contribution in [0.1, 0.15) is 41.0 Å². The molecule has 6 atom stereocenters. The molecule has 1 amide bonds. The zero-order valence-electron chi connectivity index (χ0n) is 18.1. The van der Waals surface area contributed by atoms with Crippen LogP contribution in [-0.2, 0) is 14.4 Å². The van der Waals surface area contributed by atoms with Gasteiger partial charge in [-0.3, -0.25) is 14.4 Å². The summed E-state index contributed by atoms with van der Waals surface area (Å²) in [7, 11) is 0. The zero-order valence-corrected chi connectivity index (χ0v) is 18.1. The van der Waals surface area contributed by atoms with Crippen LogP contribution in [0.2, 0.25) is 0 Å². The zero-order chi connectivity index (χ0) is 23.2. The van der Waals surface area contributed by atoms with Gasteiger partial charge < -0.3 is 25.7 Å². The second-order valence-corrected chi connectivity index (χ2v) is 8.09. The van der Waals surface area contributed by atoms with Crippen LogP contribution in [0.5, 0.6) is 0 Å². The molecule has 0 radical (unpaired) electrons. The Balaban J connectivity index is 2.76. The predicted octanol–water partition coefficient (Wildman–Crippen LogP) is 0.970. The summed E-state index contributed by atoms with van der Waals surface area (Å²) in [6.45, 7) is 7.99. The summed E-state index contributed by atoms with van der Waals surface area (Å²) in [5, 5.41) is 43.3. The van der Waals surface area contributed by atoms with Gasteiger partial charge in [0, 0.05) is 24.2 Å². The summed E-state index contributed by atoms with van der Waals surface area (Å²) in [4.78, 5) is 34.5. The Kier molecular flexibility index (Phi) is 9.61. The van der Waals surface area contributed by atoms with Gasteiger partial charge in [-0.05, 0) is 19.9 Å². The molecular weight excluding hydrogens is 390 g/mol. The molecule has 5 N–H and O–H groups in total. The van der Waals surface area contributed by atoms with Crippen molar-refractivity contribution in [3.05, 3.63) is 35.1 Å². The molecule has 0 aromatic heterocycles. The predicted molar refractivity (Wildman–Crippen MR) is 111 cm³/mol. The Morgan fingerprint density at radius 3 is 2.17 bits per heavy atom. The van der Waals surface area contributed by atoms with Crippen LogP contribution in [0.3, 0.4) is 0 Å². The quantitative estimate of drug-likeness (QED) is 0.152. The van der Waals surface area contributed by atoms with Crippen molar-refractivity contribution in [3.8, 4) is 0 Å². The Bertz CT molecular complexity index is 735. The van der Waals surface area contributed by atoms with Crippen LogP contribution < -0.4 is 5.32 Å². The molecule has 168 valence electrons. The minimum absolute atomic E-state index is 0.0220. The Labute approximate surface area is 177 Å². The van der Waals surface area contributed by atoms with Crippen LogP contribution in [0.15, 0.2) is 35.1 Å². The normalized spacial score (nSPS) is 23.0. The van der Waals surface area contributed by atoms with Crippen molar-refractivity contribution in [2.24, 2.45) is 17.8 Å². The smallest absolute Gasteiger partial charge is 0.259 e. The van der Waals surface area contributed by atoms with Gasteiger partial charge in [0.25, 0.3) is 5.91 Å². The second-order valence-electron chi connectivity index (χ2n) is 8.09. The van der Waals surface area contributed by atoms with Gasteiger partial charge in [-0.1, -0.05) is 38.5 Å². The molecule has 1 heterocycles. The van der Waals surface area contributed by atoms with Gasteiger partial charge in [0.05, 0.1) is 24.9 Å². The Morgan fingerprint density at radius 2 is 1.67 bits per heavy atom. The van der Waals surface area contributed by atoms with Crippen molar-refractivity contribution in [1.82, 2.24) is 5.32 Å². The van der Waals surface area contributed by atoms with E-state index in [2.05, 4.69) is 5.32 Å². The number of hydrogen-bond donors (Lipinski definition) is 5. The average molecular weight is 424 g/mol. The maximum absolute atomic E-state index is 11.6. The topological polar surface area (TPSA) is 144 Å². The van der Waals surface area contributed by atoms with Gasteiger partial charge in [-0.25, -0.2) is 0 Å². The fraction of sp³-hybridized carbons (Fsp3) is 0.591. The van der Waals surface area contributed by atoms with Crippen LogP contribution >= 0.6 is 0 Å². The molecule has 1 fully saturated rings. The van der Waals surface area contributed by atoms with E-state index in [1.807, 2.05) is 0 Å². The highest BCUT2D eigenvalue weighted by Gasteiger charge is 2.30. The first-order valence-electron chi connectivity index (χ1n) is 10.0. The minimum atomic E-state index is -0.996. The van der Waals surface area contributed by atoms with E-state index in [1.165, 1.54) is 19.1 Å². The second kappa shape index (κ2) is 11.2. The van der Waals surface area contributed by atoms with Crippen molar-refractivity contribution >= 4 is 17.5 Å². The van der Waals surface area contributed by atoms with Crippen molar-refractivity contribution < 1.29 is 34.8 Å². The SMILES string of the molecule is CC(=O)[C@H](C)[C@H](O)C[C@H](O)[C@H](C)[C@H](O)[C@H](C)/C=C(C)/C=C/C(O)=C1C(=O)CNC1=O. The Hall–Kier alpha value is -2.29. The summed E-state index contributed by atoms with van der Waals surface area (Å²) in [6, 6.07) is 0. The molecule has 1 saturated heterocycles. The number of rotatable bonds is 10. The molecular formula is C22H33NO7. The largest absolute Gasteiger partial charge is 0.507 e. The first-order chi connectivity index (χ1) is 13.9. The molecule has 1 aliphatic rings. The number of aliphatic hydroxyl groups excluding tert-OH is 4. The minimum Gasteiger partial charge on any atom is -0.507 e. The van der Waals surface area contributed by atoms with E-state index in [-0.39, 0.29) is 30.2 Å². The van der Waals surface area contributed by atoms with Gasteiger partial charge in [-0.2, -0.15) is 0 Å². The number of carbonyl (C=O) groups is 3. The summed E-state index contributed by atoms with van der Waals surface area (Å²) >= 11 is 0. The highest BCUT2D eigenvalue weighted by Crippen LogP contribution is 2.23. The van der Waals surface area contributed by atoms with Crippen molar-refractivity contribution in [1.29, 1.82) is 0 Å². The molecule has 8 nitrogen and oxygen atoms in total. The van der Waals surface area contributed by atoms with Crippen molar-refractivity contribution in [2.75, 3.05) is 6.54 Å². The molecule has 1 aliphatic heterocycles. The number of nitrogens with one attached hydrogen (secondary N) is 1. The fourth-order valence-electron chi connectivity index (χ4n) is 3.23. The van der Waals surface area contributed by atoms with E-state index in [0.717, 1.165) is 0 Å². The monoisotopic (exact) mass is 423 g/mol. The number of allylic oxidation sites excluding steroid dienone is 3. The first kappa shape index (κ1) is 25.7. The van der Waals surface area contributed by atoms with Gasteiger partial charge in [-0.15, -0.1) is 0 Å². The number of amides is 1. The molecule has 1 rings (SSSR count). The molecule has 0 spiro atoms. The summed E-state index contributed by atoms with van der Waals surface area (Å²) in [6.07, 6.45) is 1.57. The molecule has 0 aromatic rings. The number of aliphatic hydroxyl groups is 4. The standard InChI is InChI=1S/C22H33NO7/c1-11(6-7-16(25)20-19(28)10-23-22(20)30)8-12(2)21(29)14(4)18(27)9-17(26)13(3)15(5)24/h6-8,12-14,17-18,21,25-27,29H,9-10H2,1-5H3,(H,23,30)/b7-6+,11-8+,20-16?/t12-,13+,14+,17-,18+,21-/m1/s1. The lowest BCUT2D eigenvalue weighted by atomic mass is 9.84. The lowest BCUT2D eigenvalue weighted by Crippen LogP contribution is -2.37. The third-order valence-electron chi connectivity index (χ3n) is 5.59. The molecule has 0 aliphatic carbocycles. The number of carbonyl (C=O) groups excluding carboxylic acids is 3. The molecule has 0 saturated carbocycles. The number of Topliss-reactive ketones (excluding diaryl/α,β-unsaturated/α-hetero) is 2. The summed E-state index contributed by atoms with van der Waals surface area (Å²) in [5.74, 6) is -3.20. The van der Waals surface area contributed by atoms with Gasteiger partial charge in [0.2, 0.25) is 0 Å². The fourth-order valence-corrected chi connectivity index (χ4v) is 3.23. The molecule has 0 aromatic carbocycles. The lowest BCUT2D eigenvalue weighted by molar-refractivity contribution is -0.124. The number of ketones is 2. The van der Waals surface area contributed by atoms with Gasteiger partial charge in [0.15, 0.2) is 5.78 Å². The molecule has 0 unspecified atom stereocenters. The van der Waals surface area contributed by atoms with E-state index >= 15 is 0 Å². The van der Waals surface area contributed by atoms with Crippen LogP contribution in [0.4, 0.5) is 0 Å². The lowest BCUT2D eigenvalue weighted by Gasteiger charge is -2.29. The van der Waals surface area contributed by atoms with E-state index in [1.54, 1.807) is 33.8 Å². The van der Waals surface area contributed by atoms with Crippen LogP contribution in [-0.4, -0.2) is 62.8 Å².